The van der Waals surface area contributed by atoms with Crippen LogP contribution in [-0.2, 0) is 0 Å². The Kier molecular flexibility index (Phi) is 3.30. The van der Waals surface area contributed by atoms with Crippen molar-refractivity contribution in [3.8, 4) is 0 Å². The van der Waals surface area contributed by atoms with Gasteiger partial charge in [-0.3, -0.25) is 0 Å². The molecular weight excluding hydrogens is 290 g/mol. The van der Waals surface area contributed by atoms with Gasteiger partial charge in [0.1, 0.15) is 0 Å². The van der Waals surface area contributed by atoms with E-state index >= 15 is 0 Å². The van der Waals surface area contributed by atoms with Gasteiger partial charge in [0.2, 0.25) is 5.92 Å². The molecule has 17 heavy (non-hydrogen) atoms. The Morgan fingerprint density at radius 2 is 1.76 bits per heavy atom. The number of rotatable bonds is 1. The Labute approximate surface area is 107 Å². The normalized spacial score (nSPS) is 20.4. The van der Waals surface area contributed by atoms with E-state index in [2.05, 4.69) is 15.9 Å². The standard InChI is InChI=1S/C12H15BrF2N2/c13-8-1-2-9(16)11(17)10(8)7-3-5-12(14,15)6-4-7/h1-2,7H,3-6,16-17H2. The number of benzene rings is 1. The van der Waals surface area contributed by atoms with Crippen LogP contribution in [0, 0.1) is 0 Å². The van der Waals surface area contributed by atoms with Crippen LogP contribution in [0.25, 0.3) is 0 Å². The third-order valence-electron chi connectivity index (χ3n) is 3.39. The van der Waals surface area contributed by atoms with E-state index in [-0.39, 0.29) is 18.8 Å². The molecule has 1 aliphatic carbocycles. The lowest BCUT2D eigenvalue weighted by atomic mass is 9.81. The molecule has 4 N–H and O–H groups in total. The lowest BCUT2D eigenvalue weighted by molar-refractivity contribution is -0.0382. The van der Waals surface area contributed by atoms with Crippen LogP contribution < -0.4 is 11.5 Å². The van der Waals surface area contributed by atoms with Crippen LogP contribution in [0.5, 0.6) is 0 Å². The molecule has 0 aliphatic heterocycles. The first kappa shape index (κ1) is 12.6. The van der Waals surface area contributed by atoms with Gasteiger partial charge in [-0.05, 0) is 36.5 Å². The molecule has 0 atom stereocenters. The highest BCUT2D eigenvalue weighted by Crippen LogP contribution is 2.45. The van der Waals surface area contributed by atoms with Crippen molar-refractivity contribution in [3.63, 3.8) is 0 Å². The average molecular weight is 305 g/mol. The molecule has 0 bridgehead atoms. The van der Waals surface area contributed by atoms with Gasteiger partial charge in [0.25, 0.3) is 0 Å². The van der Waals surface area contributed by atoms with E-state index < -0.39 is 5.92 Å². The molecule has 1 saturated carbocycles. The molecule has 0 aromatic heterocycles. The van der Waals surface area contributed by atoms with Crippen LogP contribution in [0.15, 0.2) is 16.6 Å². The van der Waals surface area contributed by atoms with Crippen molar-refractivity contribution in [2.45, 2.75) is 37.5 Å². The van der Waals surface area contributed by atoms with E-state index in [1.807, 2.05) is 6.07 Å². The molecule has 0 unspecified atom stereocenters. The molecule has 94 valence electrons. The van der Waals surface area contributed by atoms with Crippen LogP contribution in [0.3, 0.4) is 0 Å². The summed E-state index contributed by atoms with van der Waals surface area (Å²) in [5, 5.41) is 0. The zero-order chi connectivity index (χ0) is 12.6. The Morgan fingerprint density at radius 3 is 2.35 bits per heavy atom. The molecule has 0 amide bonds. The fourth-order valence-electron chi connectivity index (χ4n) is 2.37. The van der Waals surface area contributed by atoms with Crippen LogP contribution in [0.4, 0.5) is 20.2 Å². The third kappa shape index (κ3) is 2.54. The summed E-state index contributed by atoms with van der Waals surface area (Å²) in [5.74, 6) is -2.44. The molecular formula is C12H15BrF2N2. The predicted octanol–water partition coefficient (Wildman–Crippen LogP) is 3.91. The minimum atomic E-state index is -2.52. The van der Waals surface area contributed by atoms with Gasteiger partial charge >= 0.3 is 0 Å². The minimum Gasteiger partial charge on any atom is -0.397 e. The molecule has 0 radical (unpaired) electrons. The fraction of sp³-hybridized carbons (Fsp3) is 0.500. The van der Waals surface area contributed by atoms with Crippen LogP contribution in [0.2, 0.25) is 0 Å². The summed E-state index contributed by atoms with van der Waals surface area (Å²) in [6, 6.07) is 3.55. The summed E-state index contributed by atoms with van der Waals surface area (Å²) in [6.07, 6.45) is 0.773. The molecule has 1 aromatic rings. The first-order valence-electron chi connectivity index (χ1n) is 5.62. The van der Waals surface area contributed by atoms with E-state index in [1.165, 1.54) is 0 Å². The number of hydrogen-bond acceptors (Lipinski definition) is 2. The van der Waals surface area contributed by atoms with Gasteiger partial charge in [0.15, 0.2) is 0 Å². The first-order chi connectivity index (χ1) is 7.91. The van der Waals surface area contributed by atoms with E-state index in [0.29, 0.717) is 24.2 Å². The topological polar surface area (TPSA) is 52.0 Å². The van der Waals surface area contributed by atoms with Gasteiger partial charge in [-0.25, -0.2) is 8.78 Å². The maximum absolute atomic E-state index is 13.1. The van der Waals surface area contributed by atoms with E-state index in [0.717, 1.165) is 10.0 Å². The summed E-state index contributed by atoms with van der Waals surface area (Å²) in [5.41, 5.74) is 13.6. The first-order valence-corrected chi connectivity index (χ1v) is 6.41. The maximum Gasteiger partial charge on any atom is 0.248 e. The molecule has 0 saturated heterocycles. The van der Waals surface area contributed by atoms with E-state index in [4.69, 9.17) is 11.5 Å². The maximum atomic E-state index is 13.1. The summed E-state index contributed by atoms with van der Waals surface area (Å²) in [4.78, 5) is 0. The number of anilines is 2. The van der Waals surface area contributed by atoms with Crippen molar-refractivity contribution in [2.75, 3.05) is 11.5 Å². The number of halogens is 3. The molecule has 2 nitrogen and oxygen atoms in total. The average Bonchev–Trinajstić information content (AvgIpc) is 2.26. The SMILES string of the molecule is Nc1ccc(Br)c(C2CCC(F)(F)CC2)c1N. The predicted molar refractivity (Wildman–Crippen MR) is 69.1 cm³/mol. The van der Waals surface area contributed by atoms with Gasteiger partial charge < -0.3 is 11.5 Å². The number of nitrogens with two attached hydrogens (primary N) is 2. The highest BCUT2D eigenvalue weighted by Gasteiger charge is 2.36. The number of hydrogen-bond donors (Lipinski definition) is 2. The van der Waals surface area contributed by atoms with Gasteiger partial charge in [0, 0.05) is 17.3 Å². The number of nitrogen functional groups attached to an aromatic ring is 2. The highest BCUT2D eigenvalue weighted by atomic mass is 79.9. The van der Waals surface area contributed by atoms with Gasteiger partial charge in [0.05, 0.1) is 11.4 Å². The van der Waals surface area contributed by atoms with E-state index in [1.54, 1.807) is 6.07 Å². The highest BCUT2D eigenvalue weighted by molar-refractivity contribution is 9.10. The Balaban J connectivity index is 2.27. The van der Waals surface area contributed by atoms with Gasteiger partial charge in [-0.1, -0.05) is 15.9 Å². The smallest absolute Gasteiger partial charge is 0.248 e. The summed E-state index contributed by atoms with van der Waals surface area (Å²) < 4.78 is 27.1. The van der Waals surface area contributed by atoms with Crippen LogP contribution in [0.1, 0.15) is 37.2 Å². The summed E-state index contributed by atoms with van der Waals surface area (Å²) in [7, 11) is 0. The molecule has 1 aliphatic rings. The zero-order valence-electron chi connectivity index (χ0n) is 9.35. The second kappa shape index (κ2) is 4.44. The third-order valence-corrected chi connectivity index (χ3v) is 4.08. The van der Waals surface area contributed by atoms with Gasteiger partial charge in [-0.15, -0.1) is 0 Å². The quantitative estimate of drug-likeness (QED) is 0.773. The fourth-order valence-corrected chi connectivity index (χ4v) is 3.04. The molecule has 1 fully saturated rings. The monoisotopic (exact) mass is 304 g/mol. The Morgan fingerprint density at radius 1 is 1.18 bits per heavy atom. The molecule has 1 aromatic carbocycles. The van der Waals surface area contributed by atoms with Crippen molar-refractivity contribution in [1.29, 1.82) is 0 Å². The second-order valence-corrected chi connectivity index (χ2v) is 5.45. The van der Waals surface area contributed by atoms with Crippen molar-refractivity contribution >= 4 is 27.3 Å². The largest absolute Gasteiger partial charge is 0.397 e. The lowest BCUT2D eigenvalue weighted by Crippen LogP contribution is -2.24. The van der Waals surface area contributed by atoms with Crippen molar-refractivity contribution in [2.24, 2.45) is 0 Å². The van der Waals surface area contributed by atoms with Crippen LogP contribution in [-0.4, -0.2) is 5.92 Å². The van der Waals surface area contributed by atoms with Crippen LogP contribution >= 0.6 is 15.9 Å². The second-order valence-electron chi connectivity index (χ2n) is 4.59. The van der Waals surface area contributed by atoms with E-state index in [9.17, 15) is 8.78 Å². The number of alkyl halides is 2. The van der Waals surface area contributed by atoms with Crippen molar-refractivity contribution in [3.05, 3.63) is 22.2 Å². The minimum absolute atomic E-state index is 0.0711. The van der Waals surface area contributed by atoms with Crippen molar-refractivity contribution < 1.29 is 8.78 Å². The molecule has 2 rings (SSSR count). The zero-order valence-corrected chi connectivity index (χ0v) is 10.9. The van der Waals surface area contributed by atoms with Gasteiger partial charge in [-0.2, -0.15) is 0 Å². The molecule has 5 heteroatoms. The Hall–Kier alpha value is -0.840. The summed E-state index contributed by atoms with van der Waals surface area (Å²) in [6.45, 7) is 0. The molecule has 0 spiro atoms. The van der Waals surface area contributed by atoms with Crippen molar-refractivity contribution in [1.82, 2.24) is 0 Å². The summed E-state index contributed by atoms with van der Waals surface area (Å²) >= 11 is 3.42. The Bertz CT molecular complexity index is 425. The lowest BCUT2D eigenvalue weighted by Gasteiger charge is -2.30. The molecule has 0 heterocycles.